The van der Waals surface area contributed by atoms with Gasteiger partial charge in [-0.25, -0.2) is 4.68 Å². The van der Waals surface area contributed by atoms with Crippen LogP contribution in [0.4, 0.5) is 5.69 Å². The zero-order chi connectivity index (χ0) is 21.0. The summed E-state index contributed by atoms with van der Waals surface area (Å²) < 4.78 is 8.39. The molecule has 2 heterocycles. The van der Waals surface area contributed by atoms with Crippen molar-refractivity contribution in [2.75, 3.05) is 12.4 Å². The van der Waals surface area contributed by atoms with Crippen molar-refractivity contribution in [2.24, 2.45) is 7.05 Å². The first kappa shape index (κ1) is 20.6. The minimum atomic E-state index is -0.245. The Bertz CT molecular complexity index is 1090. The zero-order valence-electron chi connectivity index (χ0n) is 16.7. The summed E-state index contributed by atoms with van der Waals surface area (Å²) in [6.45, 7) is 4.00. The summed E-state index contributed by atoms with van der Waals surface area (Å²) in [6.07, 6.45) is 1.55. The minimum absolute atomic E-state index is 0.0387. The van der Waals surface area contributed by atoms with Crippen molar-refractivity contribution in [3.05, 3.63) is 57.5 Å². The van der Waals surface area contributed by atoms with Gasteiger partial charge in [0.05, 0.1) is 13.3 Å². The number of rotatable bonds is 7. The van der Waals surface area contributed by atoms with E-state index in [4.69, 9.17) is 4.74 Å². The Labute approximate surface area is 172 Å². The van der Waals surface area contributed by atoms with Gasteiger partial charge in [-0.1, -0.05) is 23.9 Å². The average Bonchev–Trinajstić information content (AvgIpc) is 3.10. The molecule has 3 rings (SSSR count). The molecule has 3 aromatic rings. The Balaban J connectivity index is 1.82. The van der Waals surface area contributed by atoms with Gasteiger partial charge >= 0.3 is 0 Å². The smallest absolute Gasteiger partial charge is 0.244 e. The fourth-order valence-corrected chi connectivity index (χ4v) is 3.58. The third-order valence-corrected chi connectivity index (χ3v) is 5.57. The van der Waals surface area contributed by atoms with Gasteiger partial charge in [-0.2, -0.15) is 0 Å². The Kier molecular flexibility index (Phi) is 6.32. The number of methoxy groups -OCH3 is 1. The second-order valence-electron chi connectivity index (χ2n) is 6.49. The van der Waals surface area contributed by atoms with Crippen LogP contribution >= 0.6 is 11.8 Å². The van der Waals surface area contributed by atoms with Crippen LogP contribution in [0.2, 0.25) is 0 Å². The normalized spacial score (nSPS) is 10.8. The van der Waals surface area contributed by atoms with E-state index in [-0.39, 0.29) is 23.6 Å². The predicted molar refractivity (Wildman–Crippen MR) is 110 cm³/mol. The summed E-state index contributed by atoms with van der Waals surface area (Å²) in [5.74, 6) is 0.402. The highest BCUT2D eigenvalue weighted by Crippen LogP contribution is 2.21. The van der Waals surface area contributed by atoms with Crippen molar-refractivity contribution < 1.29 is 9.53 Å². The molecule has 0 radical (unpaired) electrons. The van der Waals surface area contributed by atoms with E-state index in [0.717, 1.165) is 16.8 Å². The van der Waals surface area contributed by atoms with Crippen LogP contribution in [0, 0.1) is 13.8 Å². The van der Waals surface area contributed by atoms with Crippen LogP contribution in [0.5, 0.6) is 5.75 Å². The molecule has 0 fully saturated rings. The fraction of sp³-hybridized carbons (Fsp3) is 0.316. The number of benzene rings is 1. The van der Waals surface area contributed by atoms with Crippen LogP contribution in [-0.4, -0.2) is 37.8 Å². The fourth-order valence-electron chi connectivity index (χ4n) is 2.73. The van der Waals surface area contributed by atoms with Gasteiger partial charge in [0.25, 0.3) is 0 Å². The highest BCUT2D eigenvalue weighted by molar-refractivity contribution is 7.98. The van der Waals surface area contributed by atoms with Crippen molar-refractivity contribution in [3.8, 4) is 5.75 Å². The molecule has 2 aromatic heterocycles. The lowest BCUT2D eigenvalue weighted by Crippen LogP contribution is -2.23. The van der Waals surface area contributed by atoms with Gasteiger partial charge in [-0.3, -0.25) is 9.59 Å². The van der Waals surface area contributed by atoms with E-state index in [0.29, 0.717) is 16.6 Å². The van der Waals surface area contributed by atoms with Crippen LogP contribution < -0.4 is 15.5 Å². The summed E-state index contributed by atoms with van der Waals surface area (Å²) in [4.78, 5) is 24.9. The van der Waals surface area contributed by atoms with Gasteiger partial charge in [0, 0.05) is 30.2 Å². The molecule has 1 N–H and O–H groups in total. The van der Waals surface area contributed by atoms with Crippen molar-refractivity contribution in [2.45, 2.75) is 31.3 Å². The molecule has 0 saturated carbocycles. The Morgan fingerprint density at radius 3 is 2.79 bits per heavy atom. The van der Waals surface area contributed by atoms with Gasteiger partial charge in [-0.15, -0.1) is 5.10 Å². The van der Waals surface area contributed by atoms with Gasteiger partial charge in [0.1, 0.15) is 6.54 Å². The number of aromatic nitrogens is 5. The molecule has 0 spiro atoms. The maximum absolute atomic E-state index is 12.7. The molecule has 10 heteroatoms. The third-order valence-electron chi connectivity index (χ3n) is 4.53. The standard InChI is InChI=1S/C19H22N6O3S/c1-12-6-5-7-15(13(12)2)20-18(27)10-25-9-17(28-4)16(26)8-14(25)11-29-19-21-22-23-24(19)3/h5-9H,10-11H2,1-4H3,(H,20,27). The molecule has 0 aliphatic rings. The summed E-state index contributed by atoms with van der Waals surface area (Å²) in [6, 6.07) is 7.23. The number of carbonyl (C=O) groups is 1. The summed E-state index contributed by atoms with van der Waals surface area (Å²) in [7, 11) is 3.16. The quantitative estimate of drug-likeness (QED) is 0.589. The first-order chi connectivity index (χ1) is 13.9. The maximum Gasteiger partial charge on any atom is 0.244 e. The second kappa shape index (κ2) is 8.91. The zero-order valence-corrected chi connectivity index (χ0v) is 17.5. The number of carbonyl (C=O) groups excluding carboxylic acids is 1. The molecule has 0 aliphatic heterocycles. The molecule has 9 nitrogen and oxygen atoms in total. The van der Waals surface area contributed by atoms with Gasteiger partial charge < -0.3 is 14.6 Å². The number of pyridine rings is 1. The number of anilines is 1. The van der Waals surface area contributed by atoms with Gasteiger partial charge in [0.2, 0.25) is 16.5 Å². The Morgan fingerprint density at radius 1 is 1.31 bits per heavy atom. The van der Waals surface area contributed by atoms with Crippen molar-refractivity contribution in [3.63, 3.8) is 0 Å². The number of tetrazole rings is 1. The molecule has 0 unspecified atom stereocenters. The molecule has 0 bridgehead atoms. The summed E-state index contributed by atoms with van der Waals surface area (Å²) in [5.41, 5.74) is 3.31. The minimum Gasteiger partial charge on any atom is -0.491 e. The number of hydrogen-bond acceptors (Lipinski definition) is 7. The van der Waals surface area contributed by atoms with E-state index < -0.39 is 0 Å². The lowest BCUT2D eigenvalue weighted by molar-refractivity contribution is -0.116. The number of nitrogens with zero attached hydrogens (tertiary/aromatic N) is 5. The predicted octanol–water partition coefficient (Wildman–Crippen LogP) is 1.93. The summed E-state index contributed by atoms with van der Waals surface area (Å²) >= 11 is 1.37. The number of ether oxygens (including phenoxy) is 1. The van der Waals surface area contributed by atoms with Crippen LogP contribution in [0.25, 0.3) is 0 Å². The number of aryl methyl sites for hydroxylation is 2. The molecule has 0 aliphatic carbocycles. The first-order valence-corrected chi connectivity index (χ1v) is 9.86. The van der Waals surface area contributed by atoms with Crippen molar-refractivity contribution in [1.29, 1.82) is 0 Å². The van der Waals surface area contributed by atoms with Crippen LogP contribution in [0.3, 0.4) is 0 Å². The Hall–Kier alpha value is -3.14. The lowest BCUT2D eigenvalue weighted by atomic mass is 10.1. The SMILES string of the molecule is COc1cn(CC(=O)Nc2cccc(C)c2C)c(CSc2nnnn2C)cc1=O. The number of hydrogen-bond donors (Lipinski definition) is 1. The highest BCUT2D eigenvalue weighted by Gasteiger charge is 2.13. The molecule has 0 saturated heterocycles. The number of thioether (sulfide) groups is 1. The van der Waals surface area contributed by atoms with E-state index in [1.165, 1.54) is 24.9 Å². The molecule has 0 atom stereocenters. The number of nitrogens with one attached hydrogen (secondary N) is 1. The van der Waals surface area contributed by atoms with Crippen LogP contribution in [0.1, 0.15) is 16.8 Å². The topological polar surface area (TPSA) is 104 Å². The molecule has 152 valence electrons. The summed E-state index contributed by atoms with van der Waals surface area (Å²) in [5, 5.41) is 14.9. The molecule has 1 amide bonds. The van der Waals surface area contributed by atoms with Crippen LogP contribution in [0.15, 0.2) is 40.4 Å². The second-order valence-corrected chi connectivity index (χ2v) is 7.44. The van der Waals surface area contributed by atoms with Gasteiger partial charge in [-0.05, 0) is 41.5 Å². The average molecular weight is 414 g/mol. The molecular weight excluding hydrogens is 392 g/mol. The first-order valence-electron chi connectivity index (χ1n) is 8.87. The third kappa shape index (κ3) is 4.83. The van der Waals surface area contributed by atoms with E-state index in [1.54, 1.807) is 22.5 Å². The van der Waals surface area contributed by atoms with Gasteiger partial charge in [0.15, 0.2) is 5.75 Å². The lowest BCUT2D eigenvalue weighted by Gasteiger charge is -2.15. The maximum atomic E-state index is 12.7. The van der Waals surface area contributed by atoms with Crippen LogP contribution in [-0.2, 0) is 24.1 Å². The number of amides is 1. The highest BCUT2D eigenvalue weighted by atomic mass is 32.2. The van der Waals surface area contributed by atoms with Crippen molar-refractivity contribution in [1.82, 2.24) is 24.8 Å². The molecule has 1 aromatic carbocycles. The molecule has 29 heavy (non-hydrogen) atoms. The Morgan fingerprint density at radius 2 is 2.10 bits per heavy atom. The van der Waals surface area contributed by atoms with Crippen molar-refractivity contribution >= 4 is 23.4 Å². The molecular formula is C19H22N6O3S. The van der Waals surface area contributed by atoms with E-state index in [1.807, 2.05) is 32.0 Å². The largest absolute Gasteiger partial charge is 0.491 e. The van der Waals surface area contributed by atoms with E-state index in [9.17, 15) is 9.59 Å². The monoisotopic (exact) mass is 414 g/mol. The van der Waals surface area contributed by atoms with E-state index in [2.05, 4.69) is 20.8 Å². The van der Waals surface area contributed by atoms with E-state index >= 15 is 0 Å².